The van der Waals surface area contributed by atoms with Crippen LogP contribution in [0.1, 0.15) is 60.8 Å². The smallest absolute Gasteiger partial charge is 0.240 e. The van der Waals surface area contributed by atoms with Gasteiger partial charge in [0.05, 0.1) is 6.04 Å². The lowest BCUT2D eigenvalue weighted by Crippen LogP contribution is -2.52. The lowest BCUT2D eigenvalue weighted by molar-refractivity contribution is -0.136. The molecule has 1 aliphatic heterocycles. The molecule has 3 nitrogen and oxygen atoms in total. The minimum Gasteiger partial charge on any atom is -0.338 e. The summed E-state index contributed by atoms with van der Waals surface area (Å²) in [5, 5.41) is 0. The molecule has 2 aliphatic rings. The highest BCUT2D eigenvalue weighted by Crippen LogP contribution is 2.52. The summed E-state index contributed by atoms with van der Waals surface area (Å²) in [4.78, 5) is 14.8. The lowest BCUT2D eigenvalue weighted by Gasteiger charge is -2.39. The monoisotopic (exact) mass is 266 g/mol. The van der Waals surface area contributed by atoms with Crippen molar-refractivity contribution in [1.82, 2.24) is 4.90 Å². The van der Waals surface area contributed by atoms with Gasteiger partial charge in [-0.05, 0) is 35.5 Å². The zero-order valence-electron chi connectivity index (χ0n) is 13.4. The highest BCUT2D eigenvalue weighted by atomic mass is 16.2. The van der Waals surface area contributed by atoms with E-state index in [1.807, 2.05) is 20.8 Å². The summed E-state index contributed by atoms with van der Waals surface area (Å²) in [5.74, 6) is 0.152. The van der Waals surface area contributed by atoms with E-state index in [2.05, 4.69) is 25.7 Å². The molecule has 0 spiro atoms. The molecular formula is C16H30N2O. The van der Waals surface area contributed by atoms with Gasteiger partial charge in [0.15, 0.2) is 0 Å². The summed E-state index contributed by atoms with van der Waals surface area (Å²) < 4.78 is 0. The number of carbonyl (C=O) groups is 1. The number of hydrogen-bond acceptors (Lipinski definition) is 2. The molecule has 0 radical (unpaired) electrons. The van der Waals surface area contributed by atoms with Crippen molar-refractivity contribution in [3.63, 3.8) is 0 Å². The van der Waals surface area contributed by atoms with Gasteiger partial charge >= 0.3 is 0 Å². The van der Waals surface area contributed by atoms with Gasteiger partial charge in [-0.1, -0.05) is 41.5 Å². The summed E-state index contributed by atoms with van der Waals surface area (Å²) in [6, 6.07) is 0.00760. The van der Waals surface area contributed by atoms with Gasteiger partial charge in [0.25, 0.3) is 0 Å². The normalized spacial score (nSPS) is 35.3. The molecule has 2 N–H and O–H groups in total. The van der Waals surface area contributed by atoms with E-state index in [1.165, 1.54) is 6.42 Å². The van der Waals surface area contributed by atoms with Gasteiger partial charge < -0.3 is 10.6 Å². The number of fused-ring (bicyclic) bond motifs is 2. The van der Waals surface area contributed by atoms with Gasteiger partial charge in [0.2, 0.25) is 5.91 Å². The van der Waals surface area contributed by atoms with E-state index in [4.69, 9.17) is 5.73 Å². The maximum atomic E-state index is 12.7. The first-order chi connectivity index (χ1) is 8.44. The number of carbonyl (C=O) groups excluding carboxylic acids is 1. The number of amides is 1. The SMILES string of the molecule is CC1(C)CC2CC(C)(CN2C(=O)C(N)C(C)(C)C)C1. The van der Waals surface area contributed by atoms with Crippen molar-refractivity contribution in [3.8, 4) is 0 Å². The van der Waals surface area contributed by atoms with E-state index in [0.29, 0.717) is 16.9 Å². The Kier molecular flexibility index (Phi) is 3.29. The summed E-state index contributed by atoms with van der Waals surface area (Å²) in [6.45, 7) is 14.0. The Morgan fingerprint density at radius 2 is 1.84 bits per heavy atom. The Labute approximate surface area is 117 Å². The molecular weight excluding hydrogens is 236 g/mol. The molecule has 1 saturated heterocycles. The predicted molar refractivity (Wildman–Crippen MR) is 78.7 cm³/mol. The molecule has 3 heteroatoms. The average molecular weight is 266 g/mol. The van der Waals surface area contributed by atoms with Gasteiger partial charge in [-0.25, -0.2) is 0 Å². The second-order valence-corrected chi connectivity index (χ2v) is 9.02. The van der Waals surface area contributed by atoms with Crippen LogP contribution < -0.4 is 5.73 Å². The number of hydrogen-bond donors (Lipinski definition) is 1. The predicted octanol–water partition coefficient (Wildman–Crippen LogP) is 2.79. The van der Waals surface area contributed by atoms with Crippen LogP contribution in [0.15, 0.2) is 0 Å². The molecule has 1 saturated carbocycles. The first kappa shape index (κ1) is 14.8. The zero-order valence-corrected chi connectivity index (χ0v) is 13.4. The first-order valence-electron chi connectivity index (χ1n) is 7.50. The number of likely N-dealkylation sites (tertiary alicyclic amines) is 1. The molecule has 0 aromatic rings. The minimum atomic E-state index is -0.390. The van der Waals surface area contributed by atoms with Crippen LogP contribution in [0.4, 0.5) is 0 Å². The van der Waals surface area contributed by atoms with Crippen LogP contribution in [-0.4, -0.2) is 29.4 Å². The Hall–Kier alpha value is -0.570. The molecule has 2 rings (SSSR count). The van der Waals surface area contributed by atoms with Gasteiger partial charge in [-0.15, -0.1) is 0 Å². The maximum Gasteiger partial charge on any atom is 0.240 e. The standard InChI is InChI=1S/C16H30N2O/c1-14(2,3)12(17)13(19)18-10-16(6)8-11(18)7-15(4,5)9-16/h11-12H,7-10,17H2,1-6H3. The van der Waals surface area contributed by atoms with Gasteiger partial charge in [0.1, 0.15) is 0 Å². The van der Waals surface area contributed by atoms with E-state index < -0.39 is 6.04 Å². The van der Waals surface area contributed by atoms with E-state index in [9.17, 15) is 4.79 Å². The summed E-state index contributed by atoms with van der Waals surface area (Å²) in [5.41, 5.74) is 6.65. The lowest BCUT2D eigenvalue weighted by atomic mass is 9.65. The van der Waals surface area contributed by atoms with E-state index in [-0.39, 0.29) is 11.3 Å². The summed E-state index contributed by atoms with van der Waals surface area (Å²) in [6.07, 6.45) is 3.48. The molecule has 2 fully saturated rings. The van der Waals surface area contributed by atoms with Crippen molar-refractivity contribution in [2.45, 2.75) is 72.9 Å². The fraction of sp³-hybridized carbons (Fsp3) is 0.938. The molecule has 110 valence electrons. The molecule has 3 unspecified atom stereocenters. The maximum absolute atomic E-state index is 12.7. The molecule has 1 aliphatic carbocycles. The van der Waals surface area contributed by atoms with E-state index in [1.54, 1.807) is 0 Å². The van der Waals surface area contributed by atoms with E-state index >= 15 is 0 Å². The van der Waals surface area contributed by atoms with Crippen molar-refractivity contribution in [2.75, 3.05) is 6.54 Å². The minimum absolute atomic E-state index is 0.152. The highest BCUT2D eigenvalue weighted by molar-refractivity contribution is 5.83. The fourth-order valence-corrected chi connectivity index (χ4v) is 4.27. The molecule has 1 amide bonds. The molecule has 0 aromatic carbocycles. The Bertz CT molecular complexity index is 383. The van der Waals surface area contributed by atoms with Crippen molar-refractivity contribution >= 4 is 5.91 Å². The highest BCUT2D eigenvalue weighted by Gasteiger charge is 2.52. The van der Waals surface area contributed by atoms with Crippen LogP contribution in [0.2, 0.25) is 0 Å². The first-order valence-corrected chi connectivity index (χ1v) is 7.50. The molecule has 3 atom stereocenters. The Morgan fingerprint density at radius 3 is 2.37 bits per heavy atom. The summed E-state index contributed by atoms with van der Waals surface area (Å²) in [7, 11) is 0. The Morgan fingerprint density at radius 1 is 1.26 bits per heavy atom. The third-order valence-corrected chi connectivity index (χ3v) is 4.90. The van der Waals surface area contributed by atoms with Crippen LogP contribution in [0.5, 0.6) is 0 Å². The zero-order chi connectivity index (χ0) is 14.6. The van der Waals surface area contributed by atoms with Gasteiger partial charge in [-0.3, -0.25) is 4.79 Å². The molecule has 0 aromatic heterocycles. The topological polar surface area (TPSA) is 46.3 Å². The third kappa shape index (κ3) is 2.81. The fourth-order valence-electron chi connectivity index (χ4n) is 4.27. The number of rotatable bonds is 1. The van der Waals surface area contributed by atoms with Gasteiger partial charge in [-0.2, -0.15) is 0 Å². The second kappa shape index (κ2) is 4.21. The molecule has 1 heterocycles. The van der Waals surface area contributed by atoms with Crippen LogP contribution >= 0.6 is 0 Å². The Balaban J connectivity index is 2.18. The summed E-state index contributed by atoms with van der Waals surface area (Å²) >= 11 is 0. The third-order valence-electron chi connectivity index (χ3n) is 4.90. The molecule has 19 heavy (non-hydrogen) atoms. The van der Waals surface area contributed by atoms with Crippen LogP contribution in [0.3, 0.4) is 0 Å². The number of nitrogens with two attached hydrogens (primary N) is 1. The van der Waals surface area contributed by atoms with Crippen LogP contribution in [0, 0.1) is 16.2 Å². The van der Waals surface area contributed by atoms with Crippen LogP contribution in [-0.2, 0) is 4.79 Å². The van der Waals surface area contributed by atoms with Crippen molar-refractivity contribution in [3.05, 3.63) is 0 Å². The quantitative estimate of drug-likeness (QED) is 0.793. The number of nitrogens with zero attached hydrogens (tertiary/aromatic N) is 1. The average Bonchev–Trinajstić information content (AvgIpc) is 2.44. The van der Waals surface area contributed by atoms with Crippen molar-refractivity contribution in [2.24, 2.45) is 22.0 Å². The van der Waals surface area contributed by atoms with Crippen LogP contribution in [0.25, 0.3) is 0 Å². The van der Waals surface area contributed by atoms with Crippen molar-refractivity contribution in [1.29, 1.82) is 0 Å². The molecule has 2 bridgehead atoms. The second-order valence-electron chi connectivity index (χ2n) is 9.02. The van der Waals surface area contributed by atoms with E-state index in [0.717, 1.165) is 19.4 Å². The van der Waals surface area contributed by atoms with Crippen molar-refractivity contribution < 1.29 is 4.79 Å². The largest absolute Gasteiger partial charge is 0.338 e. The van der Waals surface area contributed by atoms with Gasteiger partial charge in [0, 0.05) is 12.6 Å².